The molecule has 2 heterocycles. The van der Waals surface area contributed by atoms with Crippen molar-refractivity contribution in [3.05, 3.63) is 82.9 Å². The highest BCUT2D eigenvalue weighted by atomic mass is 35.5. The fraction of sp³-hybridized carbons (Fsp3) is 0.312. The molecule has 5 rings (SSSR count). The lowest BCUT2D eigenvalue weighted by Gasteiger charge is -2.30. The van der Waals surface area contributed by atoms with Crippen LogP contribution in [0, 0.1) is 5.82 Å². The van der Waals surface area contributed by atoms with E-state index >= 15 is 4.39 Å². The molecule has 47 heavy (non-hydrogen) atoms. The number of halogens is 3. The number of amides is 1. The van der Waals surface area contributed by atoms with Crippen molar-refractivity contribution in [1.82, 2.24) is 20.3 Å². The zero-order valence-corrected chi connectivity index (χ0v) is 28.0. The monoisotopic (exact) mass is 701 g/mol. The molecule has 0 spiro atoms. The number of hydrogen-bond donors (Lipinski definition) is 2. The minimum atomic E-state index is -2.84. The molecule has 1 amide bonds. The van der Waals surface area contributed by atoms with Gasteiger partial charge < -0.3 is 24.7 Å². The summed E-state index contributed by atoms with van der Waals surface area (Å²) in [6, 6.07) is 13.6. The van der Waals surface area contributed by atoms with Gasteiger partial charge in [-0.2, -0.15) is 0 Å². The standard InChI is InChI=1S/C32H33Cl2FN6O5S/c1-32(2,3)46-31(42)39-20-12-10-19(11-13-20)38-30-37-16-14-26(40-30)22-7-6-15-36-29(22)45-28-24(34)17-21(18-25(28)35)41(47(43)44)27-9-5-4-8-23(27)33/h4-9,14-20H,10-13H2,1-3H3,(H,39,42)(H,43,44)(H,37,38,40)/p-1. The Hall–Kier alpha value is -4.04. The molecule has 1 saturated carbocycles. The van der Waals surface area contributed by atoms with Crippen LogP contribution in [0.4, 0.5) is 26.5 Å². The van der Waals surface area contributed by atoms with Crippen LogP contribution in [0.25, 0.3) is 11.3 Å². The number of anilines is 3. The summed E-state index contributed by atoms with van der Waals surface area (Å²) in [5, 5.41) is 6.25. The number of nitrogens with zero attached hydrogens (tertiary/aromatic N) is 4. The van der Waals surface area contributed by atoms with Crippen molar-refractivity contribution < 1.29 is 27.4 Å². The van der Waals surface area contributed by atoms with Gasteiger partial charge in [0.05, 0.1) is 43.9 Å². The first kappa shape index (κ1) is 34.3. The van der Waals surface area contributed by atoms with Crippen LogP contribution in [0.3, 0.4) is 0 Å². The molecule has 0 saturated heterocycles. The molecule has 1 fully saturated rings. The van der Waals surface area contributed by atoms with Gasteiger partial charge in [-0.25, -0.2) is 24.1 Å². The summed E-state index contributed by atoms with van der Waals surface area (Å²) in [6.07, 6.45) is 5.75. The molecule has 2 N–H and O–H groups in total. The van der Waals surface area contributed by atoms with Crippen LogP contribution >= 0.6 is 23.2 Å². The molecule has 11 nitrogen and oxygen atoms in total. The molecule has 15 heteroatoms. The Bertz CT molecular complexity index is 1750. The van der Waals surface area contributed by atoms with Crippen LogP contribution in [0.5, 0.6) is 11.6 Å². The first-order chi connectivity index (χ1) is 22.4. The molecule has 1 aliphatic rings. The predicted molar refractivity (Wildman–Crippen MR) is 178 cm³/mol. The van der Waals surface area contributed by atoms with E-state index in [1.807, 2.05) is 20.8 Å². The average molecular weight is 703 g/mol. The number of carbonyl (C=O) groups is 1. The second-order valence-electron chi connectivity index (χ2n) is 11.8. The molecule has 0 bridgehead atoms. The predicted octanol–water partition coefficient (Wildman–Crippen LogP) is 7.96. The van der Waals surface area contributed by atoms with E-state index in [0.717, 1.165) is 36.1 Å². The number of carbonyl (C=O) groups excluding carboxylic acids is 1. The minimum Gasteiger partial charge on any atom is -0.755 e. The van der Waals surface area contributed by atoms with Crippen molar-refractivity contribution in [2.24, 2.45) is 0 Å². The van der Waals surface area contributed by atoms with Gasteiger partial charge in [0.25, 0.3) is 0 Å². The van der Waals surface area contributed by atoms with Gasteiger partial charge in [0.15, 0.2) is 11.6 Å². The largest absolute Gasteiger partial charge is 0.755 e. The molecule has 1 aliphatic carbocycles. The minimum absolute atomic E-state index is 0.0215. The number of aromatic nitrogens is 3. The highest BCUT2D eigenvalue weighted by Crippen LogP contribution is 2.41. The first-order valence-corrected chi connectivity index (χ1v) is 16.5. The summed E-state index contributed by atoms with van der Waals surface area (Å²) in [4.78, 5) is 25.4. The van der Waals surface area contributed by atoms with E-state index < -0.39 is 28.8 Å². The zero-order valence-electron chi connectivity index (χ0n) is 25.7. The highest BCUT2D eigenvalue weighted by molar-refractivity contribution is 7.81. The van der Waals surface area contributed by atoms with Gasteiger partial charge in [-0.3, -0.25) is 8.51 Å². The van der Waals surface area contributed by atoms with Crippen molar-refractivity contribution in [1.29, 1.82) is 0 Å². The highest BCUT2D eigenvalue weighted by Gasteiger charge is 2.26. The Labute approximate surface area is 284 Å². The summed E-state index contributed by atoms with van der Waals surface area (Å²) >= 11 is 9.80. The Balaban J connectivity index is 1.30. The lowest BCUT2D eigenvalue weighted by Crippen LogP contribution is -2.42. The van der Waals surface area contributed by atoms with Crippen LogP contribution in [0.15, 0.2) is 67.0 Å². The number of rotatable bonds is 9. The van der Waals surface area contributed by atoms with Gasteiger partial charge in [0, 0.05) is 30.5 Å². The van der Waals surface area contributed by atoms with Crippen molar-refractivity contribution in [2.75, 3.05) is 9.62 Å². The van der Waals surface area contributed by atoms with E-state index in [1.165, 1.54) is 24.4 Å². The topological polar surface area (TPSA) is 142 Å². The molecule has 0 aliphatic heterocycles. The molecule has 1 unspecified atom stereocenters. The molecule has 0 radical (unpaired) electrons. The molecule has 4 aromatic rings. The maximum Gasteiger partial charge on any atom is 0.407 e. The Morgan fingerprint density at radius 2 is 1.72 bits per heavy atom. The maximum absolute atomic E-state index is 15.5. The van der Waals surface area contributed by atoms with Crippen LogP contribution in [-0.2, 0) is 16.0 Å². The quantitative estimate of drug-likeness (QED) is 0.166. The van der Waals surface area contributed by atoms with Gasteiger partial charge >= 0.3 is 6.09 Å². The zero-order chi connectivity index (χ0) is 33.7. The summed E-state index contributed by atoms with van der Waals surface area (Å²) in [6.45, 7) is 5.48. The second-order valence-corrected chi connectivity index (χ2v) is 13.4. The normalized spacial score (nSPS) is 17.0. The number of ether oxygens (including phenoxy) is 2. The van der Waals surface area contributed by atoms with E-state index in [1.54, 1.807) is 36.5 Å². The number of pyridine rings is 1. The molecule has 2 aromatic carbocycles. The van der Waals surface area contributed by atoms with Gasteiger partial charge in [-0.1, -0.05) is 35.3 Å². The van der Waals surface area contributed by atoms with Crippen molar-refractivity contribution in [3.63, 3.8) is 0 Å². The Morgan fingerprint density at radius 1 is 1.00 bits per heavy atom. The van der Waals surface area contributed by atoms with Gasteiger partial charge in [0.2, 0.25) is 11.8 Å². The smallest absolute Gasteiger partial charge is 0.407 e. The first-order valence-electron chi connectivity index (χ1n) is 14.7. The van der Waals surface area contributed by atoms with Crippen molar-refractivity contribution in [3.8, 4) is 22.9 Å². The van der Waals surface area contributed by atoms with Gasteiger partial charge in [0.1, 0.15) is 5.60 Å². The number of alkyl carbamates (subject to hydrolysis) is 1. The number of benzene rings is 2. The third-order valence-corrected chi connectivity index (χ3v) is 8.43. The van der Waals surface area contributed by atoms with Crippen LogP contribution in [-0.4, -0.2) is 47.5 Å². The summed E-state index contributed by atoms with van der Waals surface area (Å²) in [5.74, 6) is -0.863. The van der Waals surface area contributed by atoms with Gasteiger partial charge in [-0.15, -0.1) is 0 Å². The lowest BCUT2D eigenvalue weighted by atomic mass is 9.91. The fourth-order valence-corrected chi connectivity index (χ4v) is 6.17. The maximum atomic E-state index is 15.5. The third-order valence-electron chi connectivity index (χ3n) is 7.12. The SMILES string of the molecule is CC(C)(C)OC(=O)NC1CCC(Nc2nccc(-c3cccnc3Oc3c(F)cc(N(c4ccccc4Cl)S(=O)[O-])cc3Cl)n2)CC1. The summed E-state index contributed by atoms with van der Waals surface area (Å²) in [7, 11) is 0. The van der Waals surface area contributed by atoms with E-state index in [4.69, 9.17) is 32.7 Å². The van der Waals surface area contributed by atoms with E-state index in [9.17, 15) is 13.6 Å². The number of nitrogens with one attached hydrogen (secondary N) is 2. The third kappa shape index (κ3) is 8.86. The lowest BCUT2D eigenvalue weighted by molar-refractivity contribution is 0.0492. The Kier molecular flexibility index (Phi) is 10.8. The molecule has 1 atom stereocenters. The average Bonchev–Trinajstić information content (AvgIpc) is 3.00. The van der Waals surface area contributed by atoms with E-state index in [2.05, 4.69) is 25.6 Å². The van der Waals surface area contributed by atoms with Crippen molar-refractivity contribution >= 4 is 57.9 Å². The Morgan fingerprint density at radius 3 is 2.40 bits per heavy atom. The molecular formula is C32H32Cl2FN6O5S-. The summed E-state index contributed by atoms with van der Waals surface area (Å²) in [5.41, 5.74) is 0.392. The molecule has 248 valence electrons. The van der Waals surface area contributed by atoms with E-state index in [0.29, 0.717) is 17.2 Å². The molecular weight excluding hydrogens is 670 g/mol. The van der Waals surface area contributed by atoms with E-state index in [-0.39, 0.29) is 45.1 Å². The number of hydrogen-bond acceptors (Lipinski definition) is 9. The second kappa shape index (κ2) is 14.8. The van der Waals surface area contributed by atoms with Crippen LogP contribution in [0.1, 0.15) is 46.5 Å². The summed E-state index contributed by atoms with van der Waals surface area (Å²) < 4.78 is 51.8. The fourth-order valence-electron chi connectivity index (χ4n) is 5.06. The van der Waals surface area contributed by atoms with Crippen molar-refractivity contribution in [2.45, 2.75) is 64.1 Å². The van der Waals surface area contributed by atoms with Crippen LogP contribution < -0.4 is 19.7 Å². The van der Waals surface area contributed by atoms with Gasteiger partial charge in [-0.05, 0) is 82.9 Å². The molecule has 2 aromatic heterocycles. The van der Waals surface area contributed by atoms with Crippen LogP contribution in [0.2, 0.25) is 10.0 Å². The number of para-hydroxylation sites is 1.